The molecule has 3 aromatic carbocycles. The van der Waals surface area contributed by atoms with Gasteiger partial charge in [0.1, 0.15) is 5.75 Å². The fourth-order valence-corrected chi connectivity index (χ4v) is 4.73. The Bertz CT molecular complexity index is 846. The first-order valence-electron chi connectivity index (χ1n) is 8.74. The average molecular weight is 383 g/mol. The maximum Gasteiger partial charge on any atom is 0.119 e. The van der Waals surface area contributed by atoms with Gasteiger partial charge >= 0.3 is 0 Å². The monoisotopic (exact) mass is 382 g/mol. The Morgan fingerprint density at radius 1 is 0.885 bits per heavy atom. The minimum absolute atomic E-state index is 0.718. The van der Waals surface area contributed by atoms with Gasteiger partial charge in [-0.3, -0.25) is 0 Å². The van der Waals surface area contributed by atoms with Gasteiger partial charge in [0, 0.05) is 14.7 Å². The quantitative estimate of drug-likeness (QED) is 0.435. The Labute approximate surface area is 162 Å². The zero-order valence-corrected chi connectivity index (χ0v) is 16.4. The molecule has 0 aromatic heterocycles. The van der Waals surface area contributed by atoms with Gasteiger partial charge in [-0.05, 0) is 55.0 Å². The van der Waals surface area contributed by atoms with Crippen LogP contribution in [0.5, 0.6) is 5.75 Å². The number of ether oxygens (including phenoxy) is 1. The predicted molar refractivity (Wildman–Crippen MR) is 109 cm³/mol. The van der Waals surface area contributed by atoms with Crippen LogP contribution in [0, 0.1) is 0 Å². The molecule has 0 amide bonds. The van der Waals surface area contributed by atoms with Crippen molar-refractivity contribution >= 4 is 22.6 Å². The van der Waals surface area contributed by atoms with Gasteiger partial charge in [0.25, 0.3) is 0 Å². The van der Waals surface area contributed by atoms with Gasteiger partial charge < -0.3 is 4.74 Å². The molecule has 26 heavy (non-hydrogen) atoms. The minimum Gasteiger partial charge on any atom is -0.494 e. The van der Waals surface area contributed by atoms with E-state index in [9.17, 15) is 4.21 Å². The molecule has 0 saturated heterocycles. The van der Waals surface area contributed by atoms with E-state index in [0.29, 0.717) is 0 Å². The van der Waals surface area contributed by atoms with Crippen molar-refractivity contribution in [3.8, 4) is 5.75 Å². The lowest BCUT2D eigenvalue weighted by molar-refractivity contribution is 0.309. The third-order valence-corrected chi connectivity index (χ3v) is 6.49. The molecular weight excluding hydrogens is 360 g/mol. The van der Waals surface area contributed by atoms with Crippen LogP contribution >= 0.6 is 11.8 Å². The Hall–Kier alpha value is -2.04. The molecule has 0 aliphatic rings. The van der Waals surface area contributed by atoms with Crippen molar-refractivity contribution in [2.75, 3.05) is 6.61 Å². The van der Waals surface area contributed by atoms with Crippen molar-refractivity contribution < 1.29 is 8.95 Å². The van der Waals surface area contributed by atoms with E-state index in [-0.39, 0.29) is 0 Å². The number of rotatable bonds is 8. The van der Waals surface area contributed by atoms with E-state index in [0.717, 1.165) is 44.8 Å². The lowest BCUT2D eigenvalue weighted by atomic mass is 10.3. The molecule has 0 aliphatic heterocycles. The summed E-state index contributed by atoms with van der Waals surface area (Å²) >= 11 is 1.64. The Balaban J connectivity index is 1.77. The summed E-state index contributed by atoms with van der Waals surface area (Å²) in [5, 5.41) is 0. The van der Waals surface area contributed by atoms with Crippen molar-refractivity contribution in [3.63, 3.8) is 0 Å². The van der Waals surface area contributed by atoms with Crippen LogP contribution in [-0.4, -0.2) is 10.8 Å². The molecule has 1 unspecified atom stereocenters. The molecule has 3 rings (SSSR count). The van der Waals surface area contributed by atoms with Crippen LogP contribution in [0.3, 0.4) is 0 Å². The van der Waals surface area contributed by atoms with Crippen LogP contribution < -0.4 is 4.74 Å². The molecule has 134 valence electrons. The molecule has 2 nitrogen and oxygen atoms in total. The molecule has 1 atom stereocenters. The normalized spacial score (nSPS) is 11.9. The molecule has 0 spiro atoms. The highest BCUT2D eigenvalue weighted by molar-refractivity contribution is 8.00. The Morgan fingerprint density at radius 3 is 2.31 bits per heavy atom. The summed E-state index contributed by atoms with van der Waals surface area (Å²) < 4.78 is 18.8. The third-order valence-electron chi connectivity index (χ3n) is 3.82. The summed E-state index contributed by atoms with van der Waals surface area (Å²) in [4.78, 5) is 3.77. The van der Waals surface area contributed by atoms with Gasteiger partial charge in [-0.2, -0.15) is 0 Å². The average Bonchev–Trinajstić information content (AvgIpc) is 2.69. The van der Waals surface area contributed by atoms with Crippen LogP contribution in [-0.2, 0) is 10.8 Å². The first kappa shape index (κ1) is 18.7. The zero-order valence-electron chi connectivity index (χ0n) is 14.8. The van der Waals surface area contributed by atoms with Crippen molar-refractivity contribution in [1.82, 2.24) is 0 Å². The number of hydrogen-bond acceptors (Lipinski definition) is 3. The molecule has 0 aliphatic carbocycles. The number of benzene rings is 3. The highest BCUT2D eigenvalue weighted by Crippen LogP contribution is 2.33. The highest BCUT2D eigenvalue weighted by Gasteiger charge is 2.13. The van der Waals surface area contributed by atoms with Crippen LogP contribution in [0.15, 0.2) is 98.4 Å². The maximum absolute atomic E-state index is 13.1. The van der Waals surface area contributed by atoms with Gasteiger partial charge in [-0.15, -0.1) is 0 Å². The second-order valence-electron chi connectivity index (χ2n) is 5.80. The zero-order chi connectivity index (χ0) is 18.2. The number of hydrogen-bond donors (Lipinski definition) is 0. The number of unbranched alkanes of at least 4 members (excludes halogenated alkanes) is 1. The van der Waals surface area contributed by atoms with Gasteiger partial charge in [-0.1, -0.05) is 55.4 Å². The van der Waals surface area contributed by atoms with Crippen molar-refractivity contribution in [2.24, 2.45) is 0 Å². The van der Waals surface area contributed by atoms with E-state index >= 15 is 0 Å². The van der Waals surface area contributed by atoms with Crippen LogP contribution in [0.2, 0.25) is 0 Å². The van der Waals surface area contributed by atoms with Gasteiger partial charge in [0.15, 0.2) is 0 Å². The molecule has 0 saturated carbocycles. The van der Waals surface area contributed by atoms with Crippen LogP contribution in [0.4, 0.5) is 0 Å². The lowest BCUT2D eigenvalue weighted by Crippen LogP contribution is -1.98. The lowest BCUT2D eigenvalue weighted by Gasteiger charge is -2.10. The molecule has 0 bridgehead atoms. The minimum atomic E-state index is -1.22. The standard InChI is InChI=1S/C22H22O2S2/c1-2-3-17-24-18-13-15-20(16-14-18)26(23)22-12-8-7-11-21(22)25-19-9-5-4-6-10-19/h4-16H,2-3,17H2,1H3. The SMILES string of the molecule is CCCCOc1ccc(S(=O)c2ccccc2Sc2ccccc2)cc1. The molecule has 3 aromatic rings. The maximum atomic E-state index is 13.1. The molecule has 0 N–H and O–H groups in total. The Morgan fingerprint density at radius 2 is 1.58 bits per heavy atom. The van der Waals surface area contributed by atoms with E-state index in [1.807, 2.05) is 66.7 Å². The summed E-state index contributed by atoms with van der Waals surface area (Å²) in [6.07, 6.45) is 2.15. The molecule has 0 fully saturated rings. The van der Waals surface area contributed by atoms with E-state index < -0.39 is 10.8 Å². The summed E-state index contributed by atoms with van der Waals surface area (Å²) in [5.41, 5.74) is 0. The highest BCUT2D eigenvalue weighted by atomic mass is 32.2. The van der Waals surface area contributed by atoms with E-state index in [1.165, 1.54) is 0 Å². The fraction of sp³-hybridized carbons (Fsp3) is 0.182. The van der Waals surface area contributed by atoms with Crippen LogP contribution in [0.25, 0.3) is 0 Å². The van der Waals surface area contributed by atoms with Crippen molar-refractivity contribution in [3.05, 3.63) is 78.9 Å². The summed E-state index contributed by atoms with van der Waals surface area (Å²) in [7, 11) is -1.22. The van der Waals surface area contributed by atoms with Gasteiger partial charge in [-0.25, -0.2) is 4.21 Å². The van der Waals surface area contributed by atoms with Crippen molar-refractivity contribution in [1.29, 1.82) is 0 Å². The predicted octanol–water partition coefficient (Wildman–Crippen LogP) is 6.18. The molecule has 0 radical (unpaired) electrons. The van der Waals surface area contributed by atoms with Gasteiger partial charge in [0.05, 0.1) is 22.3 Å². The topological polar surface area (TPSA) is 26.3 Å². The first-order chi connectivity index (χ1) is 12.8. The summed E-state index contributed by atoms with van der Waals surface area (Å²) in [6, 6.07) is 25.6. The van der Waals surface area contributed by atoms with Crippen molar-refractivity contribution in [2.45, 2.75) is 39.3 Å². The third kappa shape index (κ3) is 4.99. The Kier molecular flexibility index (Phi) is 6.92. The first-order valence-corrected chi connectivity index (χ1v) is 10.7. The van der Waals surface area contributed by atoms with Crippen LogP contribution in [0.1, 0.15) is 19.8 Å². The summed E-state index contributed by atoms with van der Waals surface area (Å²) in [6.45, 7) is 2.86. The smallest absolute Gasteiger partial charge is 0.119 e. The van der Waals surface area contributed by atoms with Gasteiger partial charge in [0.2, 0.25) is 0 Å². The second kappa shape index (κ2) is 9.60. The van der Waals surface area contributed by atoms with E-state index in [1.54, 1.807) is 11.8 Å². The fourth-order valence-electron chi connectivity index (χ4n) is 2.42. The second-order valence-corrected chi connectivity index (χ2v) is 8.37. The van der Waals surface area contributed by atoms with E-state index in [2.05, 4.69) is 19.1 Å². The summed E-state index contributed by atoms with van der Waals surface area (Å²) in [5.74, 6) is 0.825. The molecule has 0 heterocycles. The molecular formula is C22H22O2S2. The van der Waals surface area contributed by atoms with E-state index in [4.69, 9.17) is 4.74 Å². The molecule has 4 heteroatoms. The largest absolute Gasteiger partial charge is 0.494 e.